The number of rotatable bonds is 11. The van der Waals surface area contributed by atoms with Crippen LogP contribution >= 0.6 is 0 Å². The van der Waals surface area contributed by atoms with Gasteiger partial charge in [-0.3, -0.25) is 0 Å². The van der Waals surface area contributed by atoms with Gasteiger partial charge in [-0.15, -0.1) is 0 Å². The molecule has 15 N–H and O–H groups in total. The number of hydrogen-bond donors (Lipinski definition) is 15. The van der Waals surface area contributed by atoms with Gasteiger partial charge in [0.1, 0.15) is 85.5 Å². The minimum Gasteiger partial charge on any atom is -0.396 e. The van der Waals surface area contributed by atoms with Gasteiger partial charge in [-0.2, -0.15) is 0 Å². The molecular formula is C52H86O23. The van der Waals surface area contributed by atoms with Crippen molar-refractivity contribution in [3.05, 3.63) is 11.6 Å². The number of aliphatic hydroxyl groups excluding tert-OH is 15. The first-order valence-corrected chi connectivity index (χ1v) is 26.9. The van der Waals surface area contributed by atoms with Crippen molar-refractivity contribution in [2.45, 2.75) is 228 Å². The molecule has 9 aliphatic rings. The summed E-state index contributed by atoms with van der Waals surface area (Å²) in [5.74, 6) is -0.342. The Hall–Kier alpha value is -1.18. The molecule has 0 aromatic rings. The molecule has 4 saturated heterocycles. The van der Waals surface area contributed by atoms with Crippen LogP contribution in [-0.2, 0) is 37.9 Å². The van der Waals surface area contributed by atoms with E-state index in [1.807, 2.05) is 0 Å². The fourth-order valence-electron chi connectivity index (χ4n) is 16.4. The van der Waals surface area contributed by atoms with Crippen LogP contribution in [0.4, 0.5) is 0 Å². The molecule has 0 aromatic carbocycles. The van der Waals surface area contributed by atoms with Crippen molar-refractivity contribution in [1.29, 1.82) is 0 Å². The average molecular weight is 1080 g/mol. The second kappa shape index (κ2) is 21.0. The monoisotopic (exact) mass is 1080 g/mol. The van der Waals surface area contributed by atoms with Gasteiger partial charge in [0.25, 0.3) is 0 Å². The lowest BCUT2D eigenvalue weighted by molar-refractivity contribution is -0.392. The van der Waals surface area contributed by atoms with E-state index in [0.29, 0.717) is 44.9 Å². The molecule has 5 aliphatic carbocycles. The van der Waals surface area contributed by atoms with Crippen LogP contribution in [0.25, 0.3) is 0 Å². The van der Waals surface area contributed by atoms with E-state index in [9.17, 15) is 76.6 Å². The smallest absolute Gasteiger partial charge is 0.187 e. The third-order valence-electron chi connectivity index (χ3n) is 20.9. The van der Waals surface area contributed by atoms with E-state index in [1.54, 1.807) is 0 Å². The summed E-state index contributed by atoms with van der Waals surface area (Å²) >= 11 is 0. The first kappa shape index (κ1) is 58.5. The molecular weight excluding hydrogens is 993 g/mol. The highest BCUT2D eigenvalue weighted by Crippen LogP contribution is 2.76. The molecule has 9 rings (SSSR count). The van der Waals surface area contributed by atoms with Gasteiger partial charge < -0.3 is 114 Å². The maximum Gasteiger partial charge on any atom is 0.187 e. The number of ether oxygens (including phenoxy) is 8. The van der Waals surface area contributed by atoms with Crippen LogP contribution in [0.2, 0.25) is 0 Å². The fraction of sp³-hybridized carbons (Fsp3) is 0.962. The fourth-order valence-corrected chi connectivity index (χ4v) is 16.4. The van der Waals surface area contributed by atoms with E-state index in [4.69, 9.17) is 37.9 Å². The highest BCUT2D eigenvalue weighted by Gasteiger charge is 2.74. The van der Waals surface area contributed by atoms with Crippen molar-refractivity contribution >= 4 is 0 Å². The Kier molecular flexibility index (Phi) is 16.4. The lowest BCUT2D eigenvalue weighted by Crippen LogP contribution is -2.74. The van der Waals surface area contributed by atoms with Gasteiger partial charge in [0.05, 0.1) is 62.9 Å². The van der Waals surface area contributed by atoms with Crippen LogP contribution in [-0.4, -0.2) is 245 Å². The molecule has 0 amide bonds. The minimum atomic E-state index is -1.91. The molecule has 432 valence electrons. The highest BCUT2D eigenvalue weighted by molar-refractivity contribution is 5.38. The van der Waals surface area contributed by atoms with Gasteiger partial charge in [0.15, 0.2) is 25.2 Å². The van der Waals surface area contributed by atoms with Crippen LogP contribution in [0.5, 0.6) is 0 Å². The van der Waals surface area contributed by atoms with E-state index in [-0.39, 0.29) is 28.6 Å². The van der Waals surface area contributed by atoms with E-state index < -0.39 is 190 Å². The Labute approximate surface area is 436 Å². The second-order valence-electron chi connectivity index (χ2n) is 25.7. The average Bonchev–Trinajstić information content (AvgIpc) is 3.35. The first-order valence-electron chi connectivity index (χ1n) is 26.9. The maximum absolute atomic E-state index is 12.5. The molecule has 4 saturated carbocycles. The van der Waals surface area contributed by atoms with E-state index in [0.717, 1.165) is 5.57 Å². The van der Waals surface area contributed by atoms with Crippen LogP contribution in [0.15, 0.2) is 11.6 Å². The second-order valence-corrected chi connectivity index (χ2v) is 25.7. The SMILES string of the molecule is CC1(C)C[C@H](O)[C@]2(CO)[C@H](O)[C@H](O)[C@]3(C)C(=CC[C@@H]4[C@@]5(C)CC[C@H](O[C@@H]6OC[C@H](O[C@@H]7O[C@H](CO)[C@@H](O)[C@H](O)[C@H]7O[C@@H]7OC[C@@H](O)[C@H](O)[C@H]7O)[C@H](O)[C@H]6O[C@@H]6O[C@H](CO)[C@@H](O)[C@H](O)[C@H]6O)C(C)(C)[C@@H]5CC[C@]43C)[C@@H]2C1. The lowest BCUT2D eigenvalue weighted by Gasteiger charge is -2.73. The van der Waals surface area contributed by atoms with Crippen molar-refractivity contribution in [3.63, 3.8) is 0 Å². The molecule has 0 radical (unpaired) electrons. The van der Waals surface area contributed by atoms with Crippen LogP contribution in [0.3, 0.4) is 0 Å². The third kappa shape index (κ3) is 9.15. The number of allylic oxidation sites excluding steroid dienone is 1. The van der Waals surface area contributed by atoms with Crippen LogP contribution in [0.1, 0.15) is 93.4 Å². The molecule has 23 heteroatoms. The van der Waals surface area contributed by atoms with Crippen LogP contribution in [0, 0.1) is 50.2 Å². The summed E-state index contributed by atoms with van der Waals surface area (Å²) < 4.78 is 48.5. The number of hydrogen-bond acceptors (Lipinski definition) is 23. The standard InChI is InChI=1S/C52H86O23/c1-47(2)14-22-21-8-9-28-49(5)12-11-30(48(3,4)27(49)10-13-50(28,6)51(21,7)41(66)42(67)52(22,20-55)29(57)15-47)73-45-39(75-44-38(65)35(62)32(59)24(16-53)70-44)34(61)26(19-69-45)72-46-40(36(63)33(60)25(17-54)71-46)74-43-37(64)31(58)23(56)18-68-43/h8,22-46,53-67H,9-20H2,1-7H3/t22-,23+,24+,25+,26-,27-,28+,29-,30-,31-,32+,33+,34-,35-,36-,37+,38+,39+,40+,41-,42+,43-,44-,45-,46-,49-,50+,51-,52+/m0/s1. The van der Waals surface area contributed by atoms with Crippen molar-refractivity contribution < 1.29 is 114 Å². The molecule has 0 aromatic heterocycles. The molecule has 29 atom stereocenters. The maximum atomic E-state index is 12.5. The highest BCUT2D eigenvalue weighted by atomic mass is 16.8. The van der Waals surface area contributed by atoms with Gasteiger partial charge in [-0.05, 0) is 84.4 Å². The van der Waals surface area contributed by atoms with Gasteiger partial charge in [0.2, 0.25) is 0 Å². The molecule has 0 bridgehead atoms. The molecule has 8 fully saturated rings. The van der Waals surface area contributed by atoms with Crippen molar-refractivity contribution in [2.24, 2.45) is 50.2 Å². The zero-order chi connectivity index (χ0) is 54.9. The van der Waals surface area contributed by atoms with Gasteiger partial charge in [-0.1, -0.05) is 60.1 Å². The normalized spacial score (nSPS) is 55.7. The quantitative estimate of drug-likeness (QED) is 0.0709. The van der Waals surface area contributed by atoms with E-state index >= 15 is 0 Å². The lowest BCUT2D eigenvalue weighted by atomic mass is 9.32. The summed E-state index contributed by atoms with van der Waals surface area (Å²) in [5.41, 5.74) is -2.99. The summed E-state index contributed by atoms with van der Waals surface area (Å²) in [4.78, 5) is 0. The van der Waals surface area contributed by atoms with Gasteiger partial charge in [-0.25, -0.2) is 0 Å². The molecule has 4 heterocycles. The summed E-state index contributed by atoms with van der Waals surface area (Å²) in [6, 6.07) is 0. The van der Waals surface area contributed by atoms with E-state index in [1.165, 1.54) is 0 Å². The molecule has 23 nitrogen and oxygen atoms in total. The Morgan fingerprint density at radius 2 is 1.16 bits per heavy atom. The first-order chi connectivity index (χ1) is 35.1. The Morgan fingerprint density at radius 1 is 0.560 bits per heavy atom. The molecule has 0 spiro atoms. The van der Waals surface area contributed by atoms with Crippen molar-refractivity contribution in [1.82, 2.24) is 0 Å². The van der Waals surface area contributed by atoms with Crippen molar-refractivity contribution in [2.75, 3.05) is 33.0 Å². The summed E-state index contributed by atoms with van der Waals surface area (Å²) in [6.45, 7) is 12.0. The van der Waals surface area contributed by atoms with Gasteiger partial charge >= 0.3 is 0 Å². The summed E-state index contributed by atoms with van der Waals surface area (Å²) in [7, 11) is 0. The van der Waals surface area contributed by atoms with E-state index in [2.05, 4.69) is 54.5 Å². The minimum absolute atomic E-state index is 0.00471. The molecule has 75 heavy (non-hydrogen) atoms. The Morgan fingerprint density at radius 3 is 1.81 bits per heavy atom. The topological polar surface area (TPSA) is 377 Å². The predicted molar refractivity (Wildman–Crippen MR) is 255 cm³/mol. The summed E-state index contributed by atoms with van der Waals surface area (Å²) in [6.07, 6.45) is -28.2. The predicted octanol–water partition coefficient (Wildman–Crippen LogP) is -3.37. The zero-order valence-corrected chi connectivity index (χ0v) is 44.0. The Balaban J connectivity index is 0.982. The molecule has 4 aliphatic heterocycles. The largest absolute Gasteiger partial charge is 0.396 e. The Bertz CT molecular complexity index is 2030. The number of fused-ring (bicyclic) bond motifs is 7. The third-order valence-corrected chi connectivity index (χ3v) is 20.9. The van der Waals surface area contributed by atoms with Crippen LogP contribution < -0.4 is 0 Å². The van der Waals surface area contributed by atoms with Gasteiger partial charge in [0, 0.05) is 5.41 Å². The molecule has 0 unspecified atom stereocenters. The number of aliphatic hydroxyl groups is 15. The zero-order valence-electron chi connectivity index (χ0n) is 44.0. The summed E-state index contributed by atoms with van der Waals surface area (Å²) in [5, 5.41) is 166. The van der Waals surface area contributed by atoms with Crippen molar-refractivity contribution in [3.8, 4) is 0 Å².